The molecule has 10 rings (SSSR count). The number of hydrogen-bond acceptors (Lipinski definition) is 22. The summed E-state index contributed by atoms with van der Waals surface area (Å²) < 4.78 is 17.4. The highest BCUT2D eigenvalue weighted by Gasteiger charge is 2.26. The van der Waals surface area contributed by atoms with E-state index in [2.05, 4.69) is 24.7 Å². The minimum atomic E-state index is -1.34. The number of nitrogens with two attached hydrogens (primary N) is 3. The molecule has 0 aliphatic heterocycles. The van der Waals surface area contributed by atoms with Gasteiger partial charge in [-0.1, -0.05) is 133 Å². The maximum Gasteiger partial charge on any atom is 0.488 e. The van der Waals surface area contributed by atoms with E-state index >= 15 is 0 Å². The molecule has 8 N–H and O–H groups in total. The van der Waals surface area contributed by atoms with Gasteiger partial charge in [0.1, 0.15) is 11.3 Å². The summed E-state index contributed by atoms with van der Waals surface area (Å²) in [7, 11) is -1.34. The SMILES string of the molecule is CCOC(=O)C(Cl)C=O.CCOC(=O)c1cnc2c(N)c(-c3ccccc3)ccn12.CCOC(=O)c1cnc2c([N+](=O)[O-])c(-c3ccccc3)ccn12.Nc1nccc(-c2ccccc2)c1[N+](=O)[O-].Nc1nccc(Cl)c1[N+](=O)[O-].OB(O)c1ccccc1. The molecule has 0 saturated heterocycles. The van der Waals surface area contributed by atoms with E-state index in [1.807, 2.05) is 66.7 Å². The summed E-state index contributed by atoms with van der Waals surface area (Å²) in [6, 6.07) is 42.9. The van der Waals surface area contributed by atoms with Crippen molar-refractivity contribution in [3.05, 3.63) is 230 Å². The van der Waals surface area contributed by atoms with Gasteiger partial charge >= 0.3 is 42.1 Å². The van der Waals surface area contributed by atoms with Crippen LogP contribution in [0.15, 0.2) is 183 Å². The first-order chi connectivity index (χ1) is 42.7. The fourth-order valence-corrected chi connectivity index (χ4v) is 8.04. The number of esters is 3. The van der Waals surface area contributed by atoms with Gasteiger partial charge in [-0.3, -0.25) is 39.1 Å². The van der Waals surface area contributed by atoms with Crippen LogP contribution in [0.5, 0.6) is 0 Å². The van der Waals surface area contributed by atoms with Crippen molar-refractivity contribution in [1.82, 2.24) is 28.7 Å². The summed E-state index contributed by atoms with van der Waals surface area (Å²) in [6.07, 6.45) is 9.25. The van der Waals surface area contributed by atoms with Gasteiger partial charge < -0.3 is 46.3 Å². The van der Waals surface area contributed by atoms with Crippen molar-refractivity contribution >= 4 is 106 Å². The van der Waals surface area contributed by atoms with E-state index in [9.17, 15) is 49.5 Å². The second-order valence-corrected chi connectivity index (χ2v) is 18.3. The monoisotopic (exact) mass is 1250 g/mol. The fraction of sp³-hybridized carbons (Fsp3) is 0.119. The van der Waals surface area contributed by atoms with Crippen LogP contribution < -0.4 is 22.7 Å². The van der Waals surface area contributed by atoms with E-state index in [-0.39, 0.29) is 58.3 Å². The Hall–Kier alpha value is -11.2. The summed E-state index contributed by atoms with van der Waals surface area (Å²) in [6.45, 7) is 5.89. The molecule has 10 aromatic rings. The summed E-state index contributed by atoms with van der Waals surface area (Å²) in [5.74, 6) is -1.89. The highest BCUT2D eigenvalue weighted by Crippen LogP contribution is 2.35. The Kier molecular flexibility index (Phi) is 26.3. The maximum absolute atomic E-state index is 11.9. The molecule has 89 heavy (non-hydrogen) atoms. The molecule has 0 bridgehead atoms. The second-order valence-electron chi connectivity index (χ2n) is 17.4. The number of nitrogen functional groups attached to an aromatic ring is 3. The predicted octanol–water partition coefficient (Wildman–Crippen LogP) is 9.03. The molecule has 1 atom stereocenters. The highest BCUT2D eigenvalue weighted by atomic mass is 35.5. The molecule has 0 spiro atoms. The number of hydrogen-bond donors (Lipinski definition) is 5. The third-order valence-corrected chi connectivity index (χ3v) is 12.3. The number of nitro groups is 3. The Morgan fingerprint density at radius 3 is 1.36 bits per heavy atom. The topological polar surface area (TPSA) is 404 Å². The molecule has 0 aliphatic rings. The zero-order valence-electron chi connectivity index (χ0n) is 47.4. The van der Waals surface area contributed by atoms with Crippen molar-refractivity contribution in [3.8, 4) is 33.4 Å². The lowest BCUT2D eigenvalue weighted by Crippen LogP contribution is -2.29. The van der Waals surface area contributed by atoms with Crippen LogP contribution >= 0.6 is 23.2 Å². The average molecular weight is 1250 g/mol. The van der Waals surface area contributed by atoms with Gasteiger partial charge in [0.2, 0.25) is 17.3 Å². The molecule has 4 aromatic carbocycles. The van der Waals surface area contributed by atoms with Crippen LogP contribution in [0.25, 0.3) is 44.7 Å². The Morgan fingerprint density at radius 1 is 0.562 bits per heavy atom. The lowest BCUT2D eigenvalue weighted by Gasteiger charge is -2.08. The van der Waals surface area contributed by atoms with Gasteiger partial charge in [0.05, 0.1) is 63.8 Å². The normalized spacial score (nSPS) is 10.4. The maximum atomic E-state index is 11.9. The molecule has 0 radical (unpaired) electrons. The number of carbonyl (C=O) groups excluding carboxylic acids is 4. The van der Waals surface area contributed by atoms with Crippen LogP contribution in [0, 0.1) is 30.3 Å². The number of anilines is 3. The van der Waals surface area contributed by atoms with Crippen LogP contribution in [0.3, 0.4) is 0 Å². The van der Waals surface area contributed by atoms with E-state index < -0.39 is 45.2 Å². The molecule has 0 fully saturated rings. The number of rotatable bonds is 14. The van der Waals surface area contributed by atoms with Gasteiger partial charge in [0, 0.05) is 30.4 Å². The second kappa shape index (κ2) is 34.1. The van der Waals surface area contributed by atoms with Gasteiger partial charge in [0.25, 0.3) is 0 Å². The Labute approximate surface area is 516 Å². The zero-order chi connectivity index (χ0) is 65.2. The molecular weight excluding hydrogens is 1200 g/mol. The van der Waals surface area contributed by atoms with Gasteiger partial charge in [-0.25, -0.2) is 34.3 Å². The van der Waals surface area contributed by atoms with E-state index in [1.165, 1.54) is 35.3 Å². The summed E-state index contributed by atoms with van der Waals surface area (Å²) >= 11 is 10.6. The van der Waals surface area contributed by atoms with Gasteiger partial charge in [0.15, 0.2) is 22.4 Å². The number of fused-ring (bicyclic) bond motifs is 2. The van der Waals surface area contributed by atoms with E-state index in [1.54, 1.807) is 110 Å². The number of halogens is 2. The van der Waals surface area contributed by atoms with Crippen LogP contribution in [-0.4, -0.2) is 110 Å². The van der Waals surface area contributed by atoms with Crippen LogP contribution in [0.2, 0.25) is 5.02 Å². The third-order valence-electron chi connectivity index (χ3n) is 11.7. The molecular formula is C59H55BCl2N12O15. The molecule has 0 saturated carbocycles. The van der Waals surface area contributed by atoms with Gasteiger partial charge in [-0.2, -0.15) is 0 Å². The van der Waals surface area contributed by atoms with Crippen molar-refractivity contribution in [2.45, 2.75) is 26.1 Å². The third kappa shape index (κ3) is 18.6. The standard InChI is InChI=1S/C16H13N3O4.C16H15N3O2.C11H9N3O2.C6H7BO2.C5H4ClN3O2.C5H7ClO3/c1-2-23-16(20)13-10-17-15-14(19(21)22)12(8-9-18(13)15)11-6-4-3-5-7-11;1-2-21-16(20)13-10-18-15-14(17)12(8-9-19(13)15)11-6-4-3-5-7-11;12-11-10(14(15)16)9(6-7-13-11)8-4-2-1-3-5-8;8-7(9)6-4-2-1-3-5-6;6-3-1-2-8-5(7)4(3)9(10)11;1-2-9-5(8)4(6)3-7/h3-10H,2H2,1H3;3-10H,2,17H2,1H3;1-7H,(H2,12,13);1-5,8-9H;1-2H,(H2,7,8);3-4H,2H2,1H3. The van der Waals surface area contributed by atoms with Crippen LogP contribution in [0.4, 0.5) is 34.4 Å². The molecule has 6 aromatic heterocycles. The number of ether oxygens (including phenoxy) is 3. The number of nitrogens with zero attached hydrogens (tertiary/aromatic N) is 9. The Bertz CT molecular complexity index is 4020. The van der Waals surface area contributed by atoms with Crippen molar-refractivity contribution in [2.24, 2.45) is 0 Å². The smallest absolute Gasteiger partial charge is 0.465 e. The molecule has 30 heteroatoms. The first-order valence-corrected chi connectivity index (χ1v) is 27.0. The van der Waals surface area contributed by atoms with E-state index in [0.29, 0.717) is 52.1 Å². The van der Waals surface area contributed by atoms with Gasteiger partial charge in [-0.05, 0) is 67.2 Å². The van der Waals surface area contributed by atoms with Gasteiger partial charge in [-0.15, -0.1) is 11.6 Å². The molecule has 0 amide bonds. The number of carbonyl (C=O) groups is 4. The van der Waals surface area contributed by atoms with Crippen molar-refractivity contribution in [3.63, 3.8) is 0 Å². The lowest BCUT2D eigenvalue weighted by atomic mass is 9.81. The first kappa shape index (κ1) is 68.6. The number of aromatic nitrogens is 6. The minimum absolute atomic E-state index is 0.00231. The van der Waals surface area contributed by atoms with E-state index in [0.717, 1.165) is 16.7 Å². The van der Waals surface area contributed by atoms with Crippen molar-refractivity contribution < 1.29 is 58.2 Å². The number of benzene rings is 4. The Morgan fingerprint density at radius 2 is 0.955 bits per heavy atom. The number of alkyl halides is 1. The number of aldehydes is 1. The Balaban J connectivity index is 0.000000202. The average Bonchev–Trinajstić information content (AvgIpc) is 2.91. The number of pyridine rings is 4. The lowest BCUT2D eigenvalue weighted by molar-refractivity contribution is -0.384. The molecule has 6 heterocycles. The van der Waals surface area contributed by atoms with Crippen LogP contribution in [-0.2, 0) is 23.8 Å². The minimum Gasteiger partial charge on any atom is -0.465 e. The number of imidazole rings is 2. The van der Waals surface area contributed by atoms with Crippen molar-refractivity contribution in [1.29, 1.82) is 0 Å². The summed E-state index contributed by atoms with van der Waals surface area (Å²) in [5.41, 5.74) is 22.8. The fourth-order valence-electron chi connectivity index (χ4n) is 7.76. The molecule has 27 nitrogen and oxygen atoms in total. The quantitative estimate of drug-likeness (QED) is 0.00990. The highest BCUT2D eigenvalue weighted by molar-refractivity contribution is 6.58. The predicted molar refractivity (Wildman–Crippen MR) is 334 cm³/mol. The zero-order valence-corrected chi connectivity index (χ0v) is 48.9. The molecule has 458 valence electrons. The first-order valence-electron chi connectivity index (χ1n) is 26.2. The molecule has 0 aliphatic carbocycles. The largest absolute Gasteiger partial charge is 0.488 e. The summed E-state index contributed by atoms with van der Waals surface area (Å²) in [4.78, 5) is 90.5. The molecule has 1 unspecified atom stereocenters. The van der Waals surface area contributed by atoms with E-state index in [4.69, 9.17) is 59.9 Å². The van der Waals surface area contributed by atoms with Crippen molar-refractivity contribution in [2.75, 3.05) is 37.0 Å². The summed E-state index contributed by atoms with van der Waals surface area (Å²) in [5, 5.41) is 48.7. The van der Waals surface area contributed by atoms with Crippen LogP contribution in [0.1, 0.15) is 41.7 Å².